The molecule has 1 aromatic carbocycles. The monoisotopic (exact) mass is 274 g/mol. The van der Waals surface area contributed by atoms with E-state index < -0.39 is 0 Å². The van der Waals surface area contributed by atoms with Gasteiger partial charge in [0, 0.05) is 25.2 Å². The van der Waals surface area contributed by atoms with Crippen LogP contribution in [0.2, 0.25) is 0 Å². The van der Waals surface area contributed by atoms with Crippen LogP contribution in [0.1, 0.15) is 16.8 Å². The van der Waals surface area contributed by atoms with Crippen LogP contribution >= 0.6 is 11.3 Å². The third-order valence-corrected chi connectivity index (χ3v) is 3.62. The minimum absolute atomic E-state index is 0.816. The molecule has 0 radical (unpaired) electrons. The molecule has 4 nitrogen and oxygen atoms in total. The summed E-state index contributed by atoms with van der Waals surface area (Å²) < 4.78 is 0. The molecule has 1 aromatic heterocycles. The topological polar surface area (TPSA) is 40.5 Å². The zero-order chi connectivity index (χ0) is 13.8. The molecule has 0 saturated carbocycles. The van der Waals surface area contributed by atoms with Crippen molar-refractivity contribution in [2.75, 3.05) is 24.4 Å². The average Bonchev–Trinajstić information content (AvgIpc) is 2.77. The van der Waals surface area contributed by atoms with E-state index in [0.717, 1.165) is 16.4 Å². The molecule has 19 heavy (non-hydrogen) atoms. The van der Waals surface area contributed by atoms with E-state index >= 15 is 0 Å². The maximum atomic E-state index is 4.29. The van der Waals surface area contributed by atoms with Crippen molar-refractivity contribution in [1.82, 2.24) is 4.98 Å². The molecule has 5 heteroatoms. The van der Waals surface area contributed by atoms with Gasteiger partial charge in [0.25, 0.3) is 0 Å². The van der Waals surface area contributed by atoms with Gasteiger partial charge in [-0.2, -0.15) is 5.10 Å². The van der Waals surface area contributed by atoms with E-state index in [9.17, 15) is 0 Å². The second kappa shape index (κ2) is 5.84. The first-order valence-corrected chi connectivity index (χ1v) is 6.93. The van der Waals surface area contributed by atoms with E-state index in [1.165, 1.54) is 11.3 Å². The van der Waals surface area contributed by atoms with Crippen molar-refractivity contribution in [3.8, 4) is 0 Å². The Morgan fingerprint density at radius 1 is 1.32 bits per heavy atom. The third kappa shape index (κ3) is 3.54. The number of hydrogen-bond donors (Lipinski definition) is 1. The average molecular weight is 274 g/mol. The van der Waals surface area contributed by atoms with Crippen molar-refractivity contribution in [2.45, 2.75) is 13.8 Å². The van der Waals surface area contributed by atoms with Crippen molar-refractivity contribution in [3.63, 3.8) is 0 Å². The Balaban J connectivity index is 2.06. The second-order valence-corrected chi connectivity index (χ2v) is 5.46. The van der Waals surface area contributed by atoms with E-state index in [2.05, 4.69) is 45.5 Å². The number of rotatable bonds is 4. The molecule has 0 amide bonds. The van der Waals surface area contributed by atoms with Gasteiger partial charge in [-0.15, -0.1) is 11.3 Å². The van der Waals surface area contributed by atoms with Gasteiger partial charge >= 0.3 is 0 Å². The highest BCUT2D eigenvalue weighted by Crippen LogP contribution is 2.17. The highest BCUT2D eigenvalue weighted by atomic mass is 32.1. The number of anilines is 2. The van der Waals surface area contributed by atoms with E-state index in [1.54, 1.807) is 11.3 Å². The molecule has 2 aromatic rings. The smallest absolute Gasteiger partial charge is 0.203 e. The lowest BCUT2D eigenvalue weighted by atomic mass is 10.1. The Kier molecular flexibility index (Phi) is 4.16. The molecule has 0 saturated heterocycles. The first-order valence-electron chi connectivity index (χ1n) is 6.05. The number of benzene rings is 1. The van der Waals surface area contributed by atoms with Gasteiger partial charge in [-0.3, -0.25) is 5.43 Å². The minimum Gasteiger partial charge on any atom is -0.378 e. The summed E-state index contributed by atoms with van der Waals surface area (Å²) in [6, 6.07) is 6.31. The van der Waals surface area contributed by atoms with Crippen LogP contribution in [0.25, 0.3) is 0 Å². The Labute approximate surface area is 117 Å². The molecule has 0 aliphatic rings. The van der Waals surface area contributed by atoms with Gasteiger partial charge < -0.3 is 4.90 Å². The van der Waals surface area contributed by atoms with Crippen LogP contribution in [0.3, 0.4) is 0 Å². The highest BCUT2D eigenvalue weighted by Gasteiger charge is 2.00. The van der Waals surface area contributed by atoms with Gasteiger partial charge in [0.15, 0.2) is 0 Å². The van der Waals surface area contributed by atoms with Crippen LogP contribution in [0, 0.1) is 13.8 Å². The molecule has 0 bridgehead atoms. The Bertz CT molecular complexity index is 587. The minimum atomic E-state index is 0.816. The summed E-state index contributed by atoms with van der Waals surface area (Å²) >= 11 is 1.55. The van der Waals surface area contributed by atoms with Crippen LogP contribution in [0.5, 0.6) is 0 Å². The number of hydrazone groups is 1. The molecule has 0 unspecified atom stereocenters. The van der Waals surface area contributed by atoms with E-state index in [4.69, 9.17) is 0 Å². The molecular weight excluding hydrogens is 256 g/mol. The Morgan fingerprint density at radius 3 is 2.68 bits per heavy atom. The van der Waals surface area contributed by atoms with E-state index in [1.807, 2.05) is 32.6 Å². The number of thiazole rings is 1. The molecule has 1 N–H and O–H groups in total. The van der Waals surface area contributed by atoms with E-state index in [-0.39, 0.29) is 0 Å². The molecule has 0 spiro atoms. The summed E-state index contributed by atoms with van der Waals surface area (Å²) in [6.45, 7) is 4.05. The number of hydrogen-bond acceptors (Lipinski definition) is 5. The Hall–Kier alpha value is -1.88. The van der Waals surface area contributed by atoms with Gasteiger partial charge in [-0.1, -0.05) is 6.07 Å². The molecule has 0 aliphatic heterocycles. The summed E-state index contributed by atoms with van der Waals surface area (Å²) in [5.74, 6) is 0. The fourth-order valence-electron chi connectivity index (χ4n) is 1.65. The SMILES string of the molecule is Cc1csc(NN=Cc2ccc(N(C)C)cc2C)n1. The van der Waals surface area contributed by atoms with E-state index in [0.29, 0.717) is 0 Å². The predicted molar refractivity (Wildman–Crippen MR) is 83.6 cm³/mol. The number of aryl methyl sites for hydroxylation is 2. The third-order valence-electron chi connectivity index (χ3n) is 2.75. The summed E-state index contributed by atoms with van der Waals surface area (Å²) in [5.41, 5.74) is 7.45. The standard InChI is InChI=1S/C14H18N4S/c1-10-7-13(18(3)4)6-5-12(10)8-15-17-14-16-11(2)9-19-14/h5-9H,1-4H3,(H,16,17). The molecule has 0 atom stereocenters. The van der Waals surface area contributed by atoms with Crippen LogP contribution in [0.15, 0.2) is 28.7 Å². The van der Waals surface area contributed by atoms with Gasteiger partial charge in [0.1, 0.15) is 0 Å². The molecular formula is C14H18N4S. The maximum Gasteiger partial charge on any atom is 0.203 e. The fourth-order valence-corrected chi connectivity index (χ4v) is 2.28. The molecule has 100 valence electrons. The van der Waals surface area contributed by atoms with Crippen molar-refractivity contribution < 1.29 is 0 Å². The molecule has 1 heterocycles. The zero-order valence-corrected chi connectivity index (χ0v) is 12.5. The largest absolute Gasteiger partial charge is 0.378 e. The zero-order valence-electron chi connectivity index (χ0n) is 11.6. The predicted octanol–water partition coefficient (Wildman–Crippen LogP) is 3.27. The van der Waals surface area contributed by atoms with Crippen molar-refractivity contribution in [3.05, 3.63) is 40.4 Å². The lowest BCUT2D eigenvalue weighted by Crippen LogP contribution is -2.08. The van der Waals surface area contributed by atoms with Crippen LogP contribution in [-0.2, 0) is 0 Å². The van der Waals surface area contributed by atoms with Gasteiger partial charge in [-0.25, -0.2) is 4.98 Å². The molecule has 2 rings (SSSR count). The summed E-state index contributed by atoms with van der Waals surface area (Å²) in [4.78, 5) is 6.38. The quantitative estimate of drug-likeness (QED) is 0.687. The fraction of sp³-hybridized carbons (Fsp3) is 0.286. The Morgan fingerprint density at radius 2 is 2.11 bits per heavy atom. The highest BCUT2D eigenvalue weighted by molar-refractivity contribution is 7.13. The first-order chi connectivity index (χ1) is 9.06. The van der Waals surface area contributed by atoms with Crippen molar-refractivity contribution >= 4 is 28.4 Å². The normalized spacial score (nSPS) is 10.9. The number of aromatic nitrogens is 1. The second-order valence-electron chi connectivity index (χ2n) is 4.60. The van der Waals surface area contributed by atoms with Crippen LogP contribution in [-0.4, -0.2) is 25.3 Å². The first kappa shape index (κ1) is 13.5. The lowest BCUT2D eigenvalue weighted by Gasteiger charge is -2.13. The summed E-state index contributed by atoms with van der Waals surface area (Å²) in [6.07, 6.45) is 1.82. The van der Waals surface area contributed by atoms with Gasteiger partial charge in [-0.05, 0) is 37.1 Å². The van der Waals surface area contributed by atoms with Crippen molar-refractivity contribution in [1.29, 1.82) is 0 Å². The van der Waals surface area contributed by atoms with Gasteiger partial charge in [0.2, 0.25) is 5.13 Å². The van der Waals surface area contributed by atoms with Crippen molar-refractivity contribution in [2.24, 2.45) is 5.10 Å². The summed E-state index contributed by atoms with van der Waals surface area (Å²) in [5, 5.41) is 7.03. The molecule has 0 aliphatic carbocycles. The van der Waals surface area contributed by atoms with Crippen LogP contribution < -0.4 is 10.3 Å². The maximum absolute atomic E-state index is 4.29. The lowest BCUT2D eigenvalue weighted by molar-refractivity contribution is 1.13. The number of nitrogens with zero attached hydrogens (tertiary/aromatic N) is 3. The van der Waals surface area contributed by atoms with Crippen LogP contribution in [0.4, 0.5) is 10.8 Å². The number of nitrogens with one attached hydrogen (secondary N) is 1. The molecule has 0 fully saturated rings. The van der Waals surface area contributed by atoms with Gasteiger partial charge in [0.05, 0.1) is 11.9 Å². The summed E-state index contributed by atoms with van der Waals surface area (Å²) in [7, 11) is 4.07.